The largest absolute Gasteiger partial charge is 0.508 e. The number of alkyl halides is 1. The van der Waals surface area contributed by atoms with Gasteiger partial charge in [0.05, 0.1) is 6.61 Å². The van der Waals surface area contributed by atoms with Gasteiger partial charge in [-0.2, -0.15) is 0 Å². The van der Waals surface area contributed by atoms with Gasteiger partial charge in [-0.15, -0.1) is 0 Å². The third-order valence-corrected chi connectivity index (χ3v) is 1.57. The van der Waals surface area contributed by atoms with Crippen molar-refractivity contribution >= 4 is 0 Å². The van der Waals surface area contributed by atoms with Crippen LogP contribution in [0.1, 0.15) is 5.56 Å². The lowest BCUT2D eigenvalue weighted by atomic mass is 10.1. The van der Waals surface area contributed by atoms with Crippen molar-refractivity contribution in [3.63, 3.8) is 0 Å². The molecule has 3 heteroatoms. The zero-order valence-electron chi connectivity index (χ0n) is 6.57. The van der Waals surface area contributed by atoms with Gasteiger partial charge >= 0.3 is 0 Å². The maximum absolute atomic E-state index is 12.6. The van der Waals surface area contributed by atoms with Gasteiger partial charge in [-0.1, -0.05) is 12.1 Å². The Morgan fingerprint density at radius 1 is 1.42 bits per heavy atom. The van der Waals surface area contributed by atoms with Crippen LogP contribution in [0, 0.1) is 0 Å². The number of aromatic hydroxyl groups is 1. The second-order valence-electron chi connectivity index (χ2n) is 2.65. The van der Waals surface area contributed by atoms with E-state index in [0.717, 1.165) is 0 Å². The molecule has 0 aliphatic rings. The summed E-state index contributed by atoms with van der Waals surface area (Å²) < 4.78 is 12.6. The highest BCUT2D eigenvalue weighted by molar-refractivity contribution is 5.27. The third kappa shape index (κ3) is 2.51. The molecule has 1 aromatic rings. The van der Waals surface area contributed by atoms with Gasteiger partial charge in [0.2, 0.25) is 0 Å². The monoisotopic (exact) mass is 170 g/mol. The van der Waals surface area contributed by atoms with Crippen LogP contribution in [0.25, 0.3) is 0 Å². The molecule has 1 unspecified atom stereocenters. The summed E-state index contributed by atoms with van der Waals surface area (Å²) in [5.74, 6) is 0.123. The summed E-state index contributed by atoms with van der Waals surface area (Å²) in [6.45, 7) is -0.477. The fourth-order valence-electron chi connectivity index (χ4n) is 1.00. The molecule has 0 fully saturated rings. The minimum Gasteiger partial charge on any atom is -0.508 e. The van der Waals surface area contributed by atoms with Crippen molar-refractivity contribution in [1.82, 2.24) is 0 Å². The van der Waals surface area contributed by atoms with Gasteiger partial charge in [0.15, 0.2) is 0 Å². The highest BCUT2D eigenvalue weighted by atomic mass is 19.1. The minimum absolute atomic E-state index is 0.123. The van der Waals surface area contributed by atoms with Gasteiger partial charge in [-0.25, -0.2) is 4.39 Å². The fraction of sp³-hybridized carbons (Fsp3) is 0.333. The average molecular weight is 170 g/mol. The predicted molar refractivity (Wildman–Crippen MR) is 43.8 cm³/mol. The van der Waals surface area contributed by atoms with Crippen molar-refractivity contribution < 1.29 is 14.6 Å². The number of rotatable bonds is 3. The number of hydrogen-bond donors (Lipinski definition) is 2. The molecule has 0 bridgehead atoms. The Labute approximate surface area is 70.3 Å². The van der Waals surface area contributed by atoms with Crippen molar-refractivity contribution in [2.24, 2.45) is 0 Å². The Balaban J connectivity index is 2.63. The highest BCUT2D eigenvalue weighted by Gasteiger charge is 2.05. The van der Waals surface area contributed by atoms with Crippen LogP contribution in [0.15, 0.2) is 24.3 Å². The van der Waals surface area contributed by atoms with Crippen LogP contribution < -0.4 is 0 Å². The van der Waals surface area contributed by atoms with Gasteiger partial charge in [0.25, 0.3) is 0 Å². The second kappa shape index (κ2) is 4.07. The van der Waals surface area contributed by atoms with Crippen molar-refractivity contribution in [1.29, 1.82) is 0 Å². The first-order valence-electron chi connectivity index (χ1n) is 3.75. The molecule has 0 amide bonds. The standard InChI is InChI=1S/C9H11FO2/c10-8(6-11)4-7-2-1-3-9(12)5-7/h1-3,5,8,11-12H,4,6H2. The molecule has 0 aliphatic carbocycles. The summed E-state index contributed by atoms with van der Waals surface area (Å²) in [6.07, 6.45) is -1.10. The second-order valence-corrected chi connectivity index (χ2v) is 2.65. The fourth-order valence-corrected chi connectivity index (χ4v) is 1.00. The molecule has 12 heavy (non-hydrogen) atoms. The minimum atomic E-state index is -1.24. The Morgan fingerprint density at radius 2 is 2.17 bits per heavy atom. The van der Waals surface area contributed by atoms with E-state index in [-0.39, 0.29) is 12.2 Å². The summed E-state index contributed by atoms with van der Waals surface area (Å²) in [7, 11) is 0. The normalized spacial score (nSPS) is 12.8. The molecule has 0 aromatic heterocycles. The number of phenols is 1. The first kappa shape index (κ1) is 9.00. The summed E-state index contributed by atoms with van der Waals surface area (Å²) in [6, 6.07) is 6.37. The van der Waals surface area contributed by atoms with Gasteiger partial charge in [0, 0.05) is 6.42 Å². The lowest BCUT2D eigenvalue weighted by Gasteiger charge is -2.04. The molecule has 1 aromatic carbocycles. The van der Waals surface area contributed by atoms with E-state index in [1.165, 1.54) is 12.1 Å². The molecular weight excluding hydrogens is 159 g/mol. The molecule has 0 radical (unpaired) electrons. The lowest BCUT2D eigenvalue weighted by Crippen LogP contribution is -2.09. The van der Waals surface area contributed by atoms with Gasteiger partial charge in [-0.3, -0.25) is 0 Å². The molecule has 0 saturated carbocycles. The molecule has 1 atom stereocenters. The number of halogens is 1. The SMILES string of the molecule is OCC(F)Cc1cccc(O)c1. The average Bonchev–Trinajstić information content (AvgIpc) is 2.04. The van der Waals surface area contributed by atoms with E-state index in [4.69, 9.17) is 10.2 Å². The van der Waals surface area contributed by atoms with E-state index < -0.39 is 12.8 Å². The van der Waals surface area contributed by atoms with Crippen LogP contribution in [0.4, 0.5) is 4.39 Å². The number of hydrogen-bond acceptors (Lipinski definition) is 2. The Hall–Kier alpha value is -1.09. The van der Waals surface area contributed by atoms with E-state index >= 15 is 0 Å². The van der Waals surface area contributed by atoms with Crippen LogP contribution >= 0.6 is 0 Å². The predicted octanol–water partition coefficient (Wildman–Crippen LogP) is 1.27. The van der Waals surface area contributed by atoms with Crippen molar-refractivity contribution in [3.05, 3.63) is 29.8 Å². The van der Waals surface area contributed by atoms with E-state index in [9.17, 15) is 4.39 Å². The molecule has 66 valence electrons. The van der Waals surface area contributed by atoms with Gasteiger partial charge in [-0.05, 0) is 17.7 Å². The van der Waals surface area contributed by atoms with Gasteiger partial charge < -0.3 is 10.2 Å². The first-order chi connectivity index (χ1) is 5.72. The summed E-state index contributed by atoms with van der Waals surface area (Å²) in [4.78, 5) is 0. The molecule has 0 saturated heterocycles. The van der Waals surface area contributed by atoms with E-state index in [1.54, 1.807) is 12.1 Å². The summed E-state index contributed by atoms with van der Waals surface area (Å²) in [5.41, 5.74) is 0.691. The highest BCUT2D eigenvalue weighted by Crippen LogP contribution is 2.13. The van der Waals surface area contributed by atoms with Crippen molar-refractivity contribution in [2.75, 3.05) is 6.61 Å². The number of phenolic OH excluding ortho intramolecular Hbond substituents is 1. The maximum Gasteiger partial charge on any atom is 0.127 e. The van der Waals surface area contributed by atoms with Crippen LogP contribution in [0.2, 0.25) is 0 Å². The molecular formula is C9H11FO2. The maximum atomic E-state index is 12.6. The Bertz CT molecular complexity index is 250. The molecule has 0 heterocycles. The van der Waals surface area contributed by atoms with Crippen LogP contribution in [-0.4, -0.2) is 23.0 Å². The summed E-state index contributed by atoms with van der Waals surface area (Å²) >= 11 is 0. The molecule has 0 spiro atoms. The molecule has 2 N–H and O–H groups in total. The molecule has 2 nitrogen and oxygen atoms in total. The first-order valence-corrected chi connectivity index (χ1v) is 3.75. The number of benzene rings is 1. The Kier molecular flexibility index (Phi) is 3.05. The van der Waals surface area contributed by atoms with E-state index in [0.29, 0.717) is 5.56 Å². The Morgan fingerprint density at radius 3 is 2.75 bits per heavy atom. The van der Waals surface area contributed by atoms with Crippen LogP contribution in [-0.2, 0) is 6.42 Å². The zero-order chi connectivity index (χ0) is 8.97. The summed E-state index contributed by atoms with van der Waals surface area (Å²) in [5, 5.41) is 17.4. The third-order valence-electron chi connectivity index (χ3n) is 1.57. The molecule has 0 aliphatic heterocycles. The van der Waals surface area contributed by atoms with Crippen molar-refractivity contribution in [2.45, 2.75) is 12.6 Å². The topological polar surface area (TPSA) is 40.5 Å². The van der Waals surface area contributed by atoms with E-state index in [2.05, 4.69) is 0 Å². The lowest BCUT2D eigenvalue weighted by molar-refractivity contribution is 0.177. The van der Waals surface area contributed by atoms with Crippen LogP contribution in [0.5, 0.6) is 5.75 Å². The smallest absolute Gasteiger partial charge is 0.127 e. The number of aliphatic hydroxyl groups is 1. The van der Waals surface area contributed by atoms with E-state index in [1.807, 2.05) is 0 Å². The van der Waals surface area contributed by atoms with Crippen LogP contribution in [0.3, 0.4) is 0 Å². The van der Waals surface area contributed by atoms with Crippen molar-refractivity contribution in [3.8, 4) is 5.75 Å². The quantitative estimate of drug-likeness (QED) is 0.717. The molecule has 1 rings (SSSR count). The zero-order valence-corrected chi connectivity index (χ0v) is 6.57. The van der Waals surface area contributed by atoms with Gasteiger partial charge in [0.1, 0.15) is 11.9 Å². The number of aliphatic hydroxyl groups excluding tert-OH is 1.